The number of carboxylic acid groups (broad SMARTS) is 1. The summed E-state index contributed by atoms with van der Waals surface area (Å²) in [6.07, 6.45) is 2.51. The number of hydrazine groups is 1. The average molecular weight is 423 g/mol. The lowest BCUT2D eigenvalue weighted by Gasteiger charge is -2.14. The number of hydrogen-bond donors (Lipinski definition) is 2. The second kappa shape index (κ2) is 22.4. The maximum Gasteiger partial charge on any atom is 0.300 e. The zero-order valence-corrected chi connectivity index (χ0v) is 18.9. The molecule has 0 radical (unpaired) electrons. The van der Waals surface area contributed by atoms with Gasteiger partial charge in [-0.1, -0.05) is 38.0 Å². The maximum absolute atomic E-state index is 12.1. The minimum atomic E-state index is -0.833. The molecule has 0 spiro atoms. The van der Waals surface area contributed by atoms with Gasteiger partial charge in [-0.3, -0.25) is 19.8 Å². The van der Waals surface area contributed by atoms with Gasteiger partial charge in [-0.15, -0.1) is 26.3 Å². The van der Waals surface area contributed by atoms with E-state index in [0.29, 0.717) is 12.1 Å². The SMILES string of the molecule is C=C.C=C.CC(=O)O.CCCCC1C(=O)NN(c2ccccc2)C1=O.CCOCC. The Morgan fingerprint density at radius 2 is 1.53 bits per heavy atom. The number of ether oxygens (including phenoxy) is 1. The Bertz CT molecular complexity index is 570. The van der Waals surface area contributed by atoms with Crippen LogP contribution in [0.4, 0.5) is 5.69 Å². The number of hydrogen-bond acceptors (Lipinski definition) is 4. The van der Waals surface area contributed by atoms with E-state index in [1.165, 1.54) is 5.01 Å². The molecule has 1 aliphatic heterocycles. The number of aliphatic carboxylic acids is 1. The molecule has 170 valence electrons. The molecule has 1 atom stereocenters. The molecule has 0 saturated carbocycles. The maximum atomic E-state index is 12.1. The van der Waals surface area contributed by atoms with Gasteiger partial charge in [0.2, 0.25) is 0 Å². The number of unbranched alkanes of at least 4 members (excludes halogenated alkanes) is 1. The molecule has 2 rings (SSSR count). The molecule has 0 bridgehead atoms. The van der Waals surface area contributed by atoms with Gasteiger partial charge in [0.05, 0.1) is 5.69 Å². The van der Waals surface area contributed by atoms with Crippen molar-refractivity contribution in [1.82, 2.24) is 5.43 Å². The highest BCUT2D eigenvalue weighted by atomic mass is 16.5. The molecule has 30 heavy (non-hydrogen) atoms. The number of benzene rings is 1. The molecule has 1 aliphatic rings. The van der Waals surface area contributed by atoms with Crippen LogP contribution >= 0.6 is 0 Å². The van der Waals surface area contributed by atoms with Crippen LogP contribution in [0.25, 0.3) is 0 Å². The third-order valence-corrected chi connectivity index (χ3v) is 3.33. The molecule has 1 heterocycles. The van der Waals surface area contributed by atoms with Gasteiger partial charge in [0, 0.05) is 20.1 Å². The highest BCUT2D eigenvalue weighted by Crippen LogP contribution is 2.22. The molecule has 2 N–H and O–H groups in total. The number of carbonyl (C=O) groups is 3. The van der Waals surface area contributed by atoms with Crippen LogP contribution < -0.4 is 10.4 Å². The first kappa shape index (κ1) is 31.8. The predicted octanol–water partition coefficient (Wildman–Crippen LogP) is 4.61. The Morgan fingerprint density at radius 3 is 1.90 bits per heavy atom. The number of anilines is 1. The van der Waals surface area contributed by atoms with Gasteiger partial charge in [-0.05, 0) is 32.4 Å². The van der Waals surface area contributed by atoms with E-state index in [1.54, 1.807) is 12.1 Å². The molecule has 1 aromatic carbocycles. The average Bonchev–Trinajstić information content (AvgIpc) is 3.04. The second-order valence-corrected chi connectivity index (χ2v) is 5.48. The summed E-state index contributed by atoms with van der Waals surface area (Å²) in [6, 6.07) is 9.17. The minimum absolute atomic E-state index is 0.144. The second-order valence-electron chi connectivity index (χ2n) is 5.48. The zero-order valence-electron chi connectivity index (χ0n) is 18.9. The lowest BCUT2D eigenvalue weighted by atomic mass is 10.0. The summed E-state index contributed by atoms with van der Waals surface area (Å²) in [5, 5.41) is 8.77. The van der Waals surface area contributed by atoms with E-state index in [9.17, 15) is 9.59 Å². The van der Waals surface area contributed by atoms with Crippen molar-refractivity contribution in [1.29, 1.82) is 0 Å². The number of amides is 2. The third kappa shape index (κ3) is 15.0. The molecule has 7 nitrogen and oxygen atoms in total. The summed E-state index contributed by atoms with van der Waals surface area (Å²) in [5.41, 5.74) is 3.34. The predicted molar refractivity (Wildman–Crippen MR) is 123 cm³/mol. The number of nitrogens with one attached hydrogen (secondary N) is 1. The van der Waals surface area contributed by atoms with E-state index >= 15 is 0 Å². The van der Waals surface area contributed by atoms with E-state index in [-0.39, 0.29) is 11.8 Å². The summed E-state index contributed by atoms with van der Waals surface area (Å²) in [5.74, 6) is -1.68. The van der Waals surface area contributed by atoms with Crippen LogP contribution in [-0.2, 0) is 19.1 Å². The topological polar surface area (TPSA) is 95.9 Å². The first-order valence-corrected chi connectivity index (χ1v) is 9.85. The molecular formula is C23H38N2O5. The van der Waals surface area contributed by atoms with Crippen LogP contribution in [-0.4, -0.2) is 36.1 Å². The fraction of sp³-hybridized carbons (Fsp3) is 0.435. The summed E-state index contributed by atoms with van der Waals surface area (Å²) in [6.45, 7) is 20.8. The van der Waals surface area contributed by atoms with Gasteiger partial charge in [-0.25, -0.2) is 5.01 Å². The van der Waals surface area contributed by atoms with Gasteiger partial charge in [0.15, 0.2) is 0 Å². The largest absolute Gasteiger partial charge is 0.481 e. The lowest BCUT2D eigenvalue weighted by molar-refractivity contribution is -0.134. The normalized spacial score (nSPS) is 13.6. The van der Waals surface area contributed by atoms with Crippen LogP contribution in [0.3, 0.4) is 0 Å². The van der Waals surface area contributed by atoms with Crippen molar-refractivity contribution >= 4 is 23.5 Å². The Hall–Kier alpha value is -2.93. The quantitative estimate of drug-likeness (QED) is 0.515. The number of carbonyl (C=O) groups excluding carboxylic acids is 2. The Balaban J connectivity index is -0.000000467. The molecular weight excluding hydrogens is 384 g/mol. The fourth-order valence-electron chi connectivity index (χ4n) is 2.15. The standard InChI is InChI=1S/C13H16N2O2.C4H10O.C2H4O2.2C2H4/c1-2-3-9-11-12(16)14-15(13(11)17)10-7-5-4-6-8-10;1-3-5-4-2;1-2(3)4;2*1-2/h4-8,11H,2-3,9H2,1H3,(H,14,16);3-4H2,1-2H3;1H3,(H,3,4);2*1-2H2. The fourth-order valence-corrected chi connectivity index (χ4v) is 2.15. The van der Waals surface area contributed by atoms with Crippen molar-refractivity contribution < 1.29 is 24.2 Å². The number of nitrogens with zero attached hydrogens (tertiary/aromatic N) is 1. The van der Waals surface area contributed by atoms with E-state index < -0.39 is 11.9 Å². The van der Waals surface area contributed by atoms with Gasteiger partial charge < -0.3 is 9.84 Å². The first-order chi connectivity index (χ1) is 14.4. The number of para-hydroxylation sites is 1. The van der Waals surface area contributed by atoms with Crippen LogP contribution in [0.15, 0.2) is 56.6 Å². The van der Waals surface area contributed by atoms with Gasteiger partial charge in [-0.2, -0.15) is 0 Å². The van der Waals surface area contributed by atoms with E-state index in [2.05, 4.69) is 31.7 Å². The molecule has 0 aromatic heterocycles. The third-order valence-electron chi connectivity index (χ3n) is 3.33. The van der Waals surface area contributed by atoms with Crippen LogP contribution in [0.5, 0.6) is 0 Å². The van der Waals surface area contributed by atoms with Crippen molar-refractivity contribution in [3.8, 4) is 0 Å². The molecule has 7 heteroatoms. The van der Waals surface area contributed by atoms with Crippen molar-refractivity contribution in [3.63, 3.8) is 0 Å². The molecule has 1 unspecified atom stereocenters. The van der Waals surface area contributed by atoms with Gasteiger partial charge in [0.25, 0.3) is 17.8 Å². The van der Waals surface area contributed by atoms with E-state index in [4.69, 9.17) is 14.6 Å². The minimum Gasteiger partial charge on any atom is -0.481 e. The number of rotatable bonds is 6. The van der Waals surface area contributed by atoms with E-state index in [0.717, 1.165) is 33.0 Å². The molecule has 2 amide bonds. The molecule has 1 fully saturated rings. The van der Waals surface area contributed by atoms with Crippen LogP contribution in [0.2, 0.25) is 0 Å². The molecule has 1 aromatic rings. The monoisotopic (exact) mass is 422 g/mol. The van der Waals surface area contributed by atoms with Crippen LogP contribution in [0, 0.1) is 5.92 Å². The van der Waals surface area contributed by atoms with Gasteiger partial charge >= 0.3 is 0 Å². The summed E-state index contributed by atoms with van der Waals surface area (Å²) < 4.78 is 4.83. The smallest absolute Gasteiger partial charge is 0.300 e. The lowest BCUT2D eigenvalue weighted by Crippen LogP contribution is -2.35. The van der Waals surface area contributed by atoms with Crippen molar-refractivity contribution in [2.75, 3.05) is 18.2 Å². The molecule has 0 aliphatic carbocycles. The Kier molecular flexibility index (Phi) is 23.7. The summed E-state index contributed by atoms with van der Waals surface area (Å²) in [4.78, 5) is 32.8. The Morgan fingerprint density at radius 1 is 1.07 bits per heavy atom. The number of carboxylic acids is 1. The Labute approximate surface area is 181 Å². The highest BCUT2D eigenvalue weighted by Gasteiger charge is 2.39. The van der Waals surface area contributed by atoms with Crippen molar-refractivity contribution in [3.05, 3.63) is 56.6 Å². The van der Waals surface area contributed by atoms with Crippen molar-refractivity contribution in [2.24, 2.45) is 5.92 Å². The summed E-state index contributed by atoms with van der Waals surface area (Å²) >= 11 is 0. The van der Waals surface area contributed by atoms with E-state index in [1.807, 2.05) is 39.0 Å². The van der Waals surface area contributed by atoms with Gasteiger partial charge in [0.1, 0.15) is 5.92 Å². The first-order valence-electron chi connectivity index (χ1n) is 9.85. The van der Waals surface area contributed by atoms with Crippen molar-refractivity contribution in [2.45, 2.75) is 47.0 Å². The molecule has 1 saturated heterocycles. The highest BCUT2D eigenvalue weighted by molar-refractivity contribution is 6.14. The van der Waals surface area contributed by atoms with Crippen LogP contribution in [0.1, 0.15) is 47.0 Å². The zero-order chi connectivity index (χ0) is 23.9. The summed E-state index contributed by atoms with van der Waals surface area (Å²) in [7, 11) is 0.